The van der Waals surface area contributed by atoms with Gasteiger partial charge in [0.1, 0.15) is 11.3 Å². The van der Waals surface area contributed by atoms with Crippen LogP contribution in [0.3, 0.4) is 0 Å². The molecule has 1 aromatic heterocycles. The first kappa shape index (κ1) is 23.4. The number of aromatic nitrogens is 1. The van der Waals surface area contributed by atoms with Crippen molar-refractivity contribution in [3.63, 3.8) is 0 Å². The van der Waals surface area contributed by atoms with Crippen LogP contribution in [0.25, 0.3) is 10.9 Å². The highest BCUT2D eigenvalue weighted by molar-refractivity contribution is 7.92. The van der Waals surface area contributed by atoms with Crippen LogP contribution < -0.4 is 11.3 Å². The van der Waals surface area contributed by atoms with Crippen LogP contribution in [-0.4, -0.2) is 44.1 Å². The quantitative estimate of drug-likeness (QED) is 0.317. The Morgan fingerprint density at radius 1 is 1.00 bits per heavy atom. The highest BCUT2D eigenvalue weighted by Crippen LogP contribution is 2.35. The molecule has 1 fully saturated rings. The van der Waals surface area contributed by atoms with Gasteiger partial charge in [0.2, 0.25) is 0 Å². The zero-order chi connectivity index (χ0) is 24.1. The van der Waals surface area contributed by atoms with E-state index in [1.165, 1.54) is 19.1 Å². The fourth-order valence-corrected chi connectivity index (χ4v) is 7.65. The summed E-state index contributed by atoms with van der Waals surface area (Å²) in [5.74, 6) is 3.50. The first-order valence-electron chi connectivity index (χ1n) is 10.2. The van der Waals surface area contributed by atoms with E-state index in [0.717, 1.165) is 22.0 Å². The lowest BCUT2D eigenvalue weighted by atomic mass is 10.0. The van der Waals surface area contributed by atoms with Crippen molar-refractivity contribution in [2.24, 2.45) is 5.84 Å². The maximum Gasteiger partial charge on any atom is 0.269 e. The summed E-state index contributed by atoms with van der Waals surface area (Å²) < 4.78 is 71.3. The number of rotatable bonds is 5. The molecule has 2 aromatic carbocycles. The molecule has 3 N–H and O–H groups in total. The SMILES string of the molecule is Cc1ccc(S(=O)(=O)n2c(S(=O)(=O)N3CCCC3)cc3c(C(=O)NN)c(C)cc(F)c32)cc1. The summed E-state index contributed by atoms with van der Waals surface area (Å²) in [6.07, 6.45) is 1.25. The van der Waals surface area contributed by atoms with Gasteiger partial charge in [0.05, 0.1) is 10.5 Å². The number of carbonyl (C=O) groups is 1. The third-order valence-corrected chi connectivity index (χ3v) is 9.46. The number of halogens is 1. The van der Waals surface area contributed by atoms with Crippen LogP contribution in [0.4, 0.5) is 4.39 Å². The number of amides is 1. The van der Waals surface area contributed by atoms with Crippen LogP contribution >= 0.6 is 0 Å². The van der Waals surface area contributed by atoms with Gasteiger partial charge in [0.15, 0.2) is 5.03 Å². The molecule has 176 valence electrons. The smallest absolute Gasteiger partial charge is 0.269 e. The van der Waals surface area contributed by atoms with E-state index in [9.17, 15) is 21.6 Å². The molecule has 0 radical (unpaired) electrons. The van der Waals surface area contributed by atoms with Crippen LogP contribution in [0.1, 0.15) is 34.3 Å². The van der Waals surface area contributed by atoms with Crippen molar-refractivity contribution in [2.45, 2.75) is 36.6 Å². The number of sulfonamides is 1. The summed E-state index contributed by atoms with van der Waals surface area (Å²) in [5.41, 5.74) is 2.29. The molecule has 4 rings (SSSR count). The number of hydrazine groups is 1. The first-order valence-corrected chi connectivity index (χ1v) is 13.1. The first-order chi connectivity index (χ1) is 15.5. The van der Waals surface area contributed by atoms with Crippen molar-refractivity contribution in [1.29, 1.82) is 0 Å². The molecule has 1 aliphatic rings. The minimum Gasteiger partial charge on any atom is -0.290 e. The molecule has 0 spiro atoms. The summed E-state index contributed by atoms with van der Waals surface area (Å²) in [6.45, 7) is 3.65. The van der Waals surface area contributed by atoms with E-state index in [0.29, 0.717) is 16.8 Å². The number of nitrogen functional groups attached to an aromatic ring is 1. The third kappa shape index (κ3) is 3.72. The second-order valence-electron chi connectivity index (χ2n) is 7.96. The highest BCUT2D eigenvalue weighted by Gasteiger charge is 2.37. The summed E-state index contributed by atoms with van der Waals surface area (Å²) in [7, 11) is -8.88. The average molecular weight is 495 g/mol. The molecule has 9 nitrogen and oxygen atoms in total. The number of hydrogen-bond acceptors (Lipinski definition) is 6. The Morgan fingerprint density at radius 2 is 1.61 bits per heavy atom. The second-order valence-corrected chi connectivity index (χ2v) is 11.6. The highest BCUT2D eigenvalue weighted by atomic mass is 32.2. The van der Waals surface area contributed by atoms with Crippen molar-refractivity contribution < 1.29 is 26.0 Å². The van der Waals surface area contributed by atoms with Gasteiger partial charge in [0, 0.05) is 18.5 Å². The minimum atomic E-state index is -4.56. The topological polar surface area (TPSA) is 132 Å². The molecule has 2 heterocycles. The Kier molecular flexibility index (Phi) is 5.81. The molecule has 0 aliphatic carbocycles. The lowest BCUT2D eigenvalue weighted by Crippen LogP contribution is -2.31. The van der Waals surface area contributed by atoms with E-state index >= 15 is 4.39 Å². The van der Waals surface area contributed by atoms with E-state index in [1.54, 1.807) is 19.1 Å². The van der Waals surface area contributed by atoms with Crippen LogP contribution in [0.5, 0.6) is 0 Å². The fraction of sp³-hybridized carbons (Fsp3) is 0.286. The third-order valence-electron chi connectivity index (χ3n) is 5.75. The van der Waals surface area contributed by atoms with Crippen molar-refractivity contribution in [3.05, 3.63) is 58.9 Å². The summed E-state index contributed by atoms with van der Waals surface area (Å²) in [4.78, 5) is 12.3. The Hall–Kier alpha value is -2.80. The molecule has 33 heavy (non-hydrogen) atoms. The standard InChI is InChI=1S/C21H23FN4O5S2/c1-13-5-7-15(8-6-13)32(28,29)26-18(33(30,31)25-9-3-4-10-25)12-16-19(21(27)24-23)14(2)11-17(22)20(16)26/h5-8,11-12H,3-4,9-10,23H2,1-2H3,(H,24,27). The molecule has 0 atom stereocenters. The Balaban J connectivity index is 2.15. The molecule has 1 aliphatic heterocycles. The van der Waals surface area contributed by atoms with E-state index in [-0.39, 0.29) is 34.5 Å². The van der Waals surface area contributed by atoms with E-state index < -0.39 is 42.3 Å². The lowest BCUT2D eigenvalue weighted by Gasteiger charge is -2.18. The van der Waals surface area contributed by atoms with Gasteiger partial charge in [0.25, 0.3) is 26.0 Å². The normalized spacial score (nSPS) is 15.3. The number of nitrogens with zero attached hydrogens (tertiary/aromatic N) is 2. The van der Waals surface area contributed by atoms with Crippen LogP contribution in [0.2, 0.25) is 0 Å². The monoisotopic (exact) mass is 494 g/mol. The maximum atomic E-state index is 15.3. The molecule has 0 unspecified atom stereocenters. The number of fused-ring (bicyclic) bond motifs is 1. The van der Waals surface area contributed by atoms with E-state index in [2.05, 4.69) is 0 Å². The Labute approximate surface area is 191 Å². The zero-order valence-electron chi connectivity index (χ0n) is 18.0. The Bertz CT molecular complexity index is 1470. The fourth-order valence-electron chi connectivity index (χ4n) is 4.10. The number of hydrogen-bond donors (Lipinski definition) is 2. The number of nitrogens with two attached hydrogens (primary N) is 1. The van der Waals surface area contributed by atoms with Gasteiger partial charge >= 0.3 is 0 Å². The van der Waals surface area contributed by atoms with Gasteiger partial charge in [-0.05, 0) is 56.5 Å². The number of aryl methyl sites for hydroxylation is 2. The molecular formula is C21H23FN4O5S2. The molecule has 0 saturated carbocycles. The van der Waals surface area contributed by atoms with Gasteiger partial charge < -0.3 is 0 Å². The molecule has 0 bridgehead atoms. The van der Waals surface area contributed by atoms with E-state index in [1.807, 2.05) is 5.43 Å². The van der Waals surface area contributed by atoms with Gasteiger partial charge in [-0.3, -0.25) is 10.2 Å². The van der Waals surface area contributed by atoms with Gasteiger partial charge in [-0.15, -0.1) is 0 Å². The van der Waals surface area contributed by atoms with Gasteiger partial charge in [-0.1, -0.05) is 17.7 Å². The number of nitrogens with one attached hydrogen (secondary N) is 1. The number of carbonyl (C=O) groups excluding carboxylic acids is 1. The predicted molar refractivity (Wildman–Crippen MR) is 120 cm³/mol. The van der Waals surface area contributed by atoms with Gasteiger partial charge in [-0.25, -0.2) is 31.0 Å². The Morgan fingerprint density at radius 3 is 2.18 bits per heavy atom. The molecule has 1 saturated heterocycles. The average Bonchev–Trinajstić information content (AvgIpc) is 3.43. The molecular weight excluding hydrogens is 471 g/mol. The number of benzene rings is 2. The van der Waals surface area contributed by atoms with Crippen LogP contribution in [-0.2, 0) is 20.0 Å². The summed E-state index contributed by atoms with van der Waals surface area (Å²) in [5, 5.41) is -0.792. The van der Waals surface area contributed by atoms with Crippen LogP contribution in [0, 0.1) is 19.7 Å². The molecule has 1 amide bonds. The van der Waals surface area contributed by atoms with Gasteiger partial charge in [-0.2, -0.15) is 4.31 Å². The minimum absolute atomic E-state index is 0.107. The lowest BCUT2D eigenvalue weighted by molar-refractivity contribution is 0.0954. The van der Waals surface area contributed by atoms with Crippen molar-refractivity contribution >= 4 is 36.9 Å². The summed E-state index contributed by atoms with van der Waals surface area (Å²) in [6, 6.07) is 7.78. The second kappa shape index (κ2) is 8.20. The van der Waals surface area contributed by atoms with Crippen molar-refractivity contribution in [2.75, 3.05) is 13.1 Å². The van der Waals surface area contributed by atoms with Crippen molar-refractivity contribution in [3.8, 4) is 0 Å². The van der Waals surface area contributed by atoms with Crippen molar-refractivity contribution in [1.82, 2.24) is 13.7 Å². The molecule has 12 heteroatoms. The largest absolute Gasteiger partial charge is 0.290 e. The van der Waals surface area contributed by atoms with Crippen LogP contribution in [0.15, 0.2) is 46.3 Å². The van der Waals surface area contributed by atoms with E-state index in [4.69, 9.17) is 5.84 Å². The molecule has 3 aromatic rings. The maximum absolute atomic E-state index is 15.3. The summed E-state index contributed by atoms with van der Waals surface area (Å²) >= 11 is 0. The predicted octanol–water partition coefficient (Wildman–Crippen LogP) is 2.02. The zero-order valence-corrected chi connectivity index (χ0v) is 19.6.